The zero-order valence-electron chi connectivity index (χ0n) is 14.6. The Morgan fingerprint density at radius 3 is 2.89 bits per heavy atom. The van der Waals surface area contributed by atoms with Crippen molar-refractivity contribution in [1.82, 2.24) is 10.1 Å². The number of aromatic nitrogens is 2. The molecule has 1 aliphatic rings. The topological polar surface area (TPSA) is 81.2 Å². The van der Waals surface area contributed by atoms with E-state index in [-0.39, 0.29) is 11.6 Å². The quantitative estimate of drug-likeness (QED) is 0.469. The Hall–Kier alpha value is -3.45. The molecule has 0 aliphatic heterocycles. The lowest BCUT2D eigenvalue weighted by atomic mass is 10.0. The first-order valence-electron chi connectivity index (χ1n) is 8.92. The van der Waals surface area contributed by atoms with Crippen LogP contribution < -0.4 is 5.32 Å². The van der Waals surface area contributed by atoms with Crippen LogP contribution in [0.1, 0.15) is 21.6 Å². The number of anilines is 1. The average molecular weight is 387 g/mol. The number of nitrogens with zero attached hydrogens (tertiary/aromatic N) is 2. The number of carbonyl (C=O) groups excluding carboxylic acids is 1. The summed E-state index contributed by atoms with van der Waals surface area (Å²) < 4.78 is 11.5. The largest absolute Gasteiger partial charge is 0.461 e. The Bertz CT molecular complexity index is 1360. The molecule has 7 heteroatoms. The molecule has 0 spiro atoms. The van der Waals surface area contributed by atoms with Crippen LogP contribution in [0.3, 0.4) is 0 Å². The summed E-state index contributed by atoms with van der Waals surface area (Å²) in [6.45, 7) is 0. The monoisotopic (exact) mass is 387 g/mol. The van der Waals surface area contributed by atoms with Crippen molar-refractivity contribution in [3.8, 4) is 11.5 Å². The van der Waals surface area contributed by atoms with Crippen molar-refractivity contribution in [1.29, 1.82) is 0 Å². The number of amides is 1. The van der Waals surface area contributed by atoms with Gasteiger partial charge in [0.2, 0.25) is 5.76 Å². The lowest BCUT2D eigenvalue weighted by Gasteiger charge is -2.02. The fourth-order valence-electron chi connectivity index (χ4n) is 3.84. The number of aryl methyl sites for hydroxylation is 2. The predicted octanol–water partition coefficient (Wildman–Crippen LogP) is 5.05. The molecule has 1 aliphatic carbocycles. The minimum absolute atomic E-state index is 0.180. The molecular weight excluding hydrogens is 374 g/mol. The molecule has 1 N–H and O–H groups in total. The van der Waals surface area contributed by atoms with Gasteiger partial charge in [-0.15, -0.1) is 0 Å². The zero-order chi connectivity index (χ0) is 18.7. The second kappa shape index (κ2) is 5.77. The minimum Gasteiger partial charge on any atom is -0.461 e. The molecule has 0 radical (unpaired) electrons. The molecule has 28 heavy (non-hydrogen) atoms. The van der Waals surface area contributed by atoms with Crippen LogP contribution in [-0.4, -0.2) is 16.0 Å². The van der Waals surface area contributed by atoms with Gasteiger partial charge in [-0.2, -0.15) is 0 Å². The van der Waals surface area contributed by atoms with Gasteiger partial charge in [0, 0.05) is 11.5 Å². The van der Waals surface area contributed by atoms with Gasteiger partial charge in [0.15, 0.2) is 16.6 Å². The van der Waals surface area contributed by atoms with E-state index in [9.17, 15) is 4.79 Å². The van der Waals surface area contributed by atoms with E-state index in [0.717, 1.165) is 28.4 Å². The van der Waals surface area contributed by atoms with E-state index in [1.807, 2.05) is 0 Å². The third-order valence-electron chi connectivity index (χ3n) is 5.08. The van der Waals surface area contributed by atoms with Gasteiger partial charge >= 0.3 is 0 Å². The van der Waals surface area contributed by atoms with E-state index in [1.54, 1.807) is 18.2 Å². The van der Waals surface area contributed by atoms with Crippen LogP contribution >= 0.6 is 11.3 Å². The van der Waals surface area contributed by atoms with Crippen LogP contribution in [0, 0.1) is 0 Å². The number of rotatable bonds is 3. The number of benzene rings is 2. The van der Waals surface area contributed by atoms with E-state index in [4.69, 9.17) is 8.94 Å². The van der Waals surface area contributed by atoms with Crippen molar-refractivity contribution < 1.29 is 13.7 Å². The molecule has 6 rings (SSSR count). The Morgan fingerprint density at radius 2 is 2.00 bits per heavy atom. The van der Waals surface area contributed by atoms with Crippen molar-refractivity contribution in [2.45, 2.75) is 12.8 Å². The van der Waals surface area contributed by atoms with Crippen molar-refractivity contribution in [3.05, 3.63) is 65.5 Å². The minimum atomic E-state index is -0.363. The van der Waals surface area contributed by atoms with E-state index >= 15 is 0 Å². The molecule has 0 fully saturated rings. The Labute approximate surface area is 162 Å². The fraction of sp³-hybridized carbons (Fsp3) is 0.0952. The van der Waals surface area contributed by atoms with E-state index in [0.29, 0.717) is 16.7 Å². The first-order chi connectivity index (χ1) is 13.8. The van der Waals surface area contributed by atoms with E-state index < -0.39 is 0 Å². The summed E-state index contributed by atoms with van der Waals surface area (Å²) in [4.78, 5) is 17.3. The molecule has 6 nitrogen and oxygen atoms in total. The molecule has 136 valence electrons. The molecule has 0 bridgehead atoms. The molecule has 5 aromatic rings. The maximum absolute atomic E-state index is 12.6. The van der Waals surface area contributed by atoms with Gasteiger partial charge in [0.05, 0.1) is 16.5 Å². The van der Waals surface area contributed by atoms with Crippen molar-refractivity contribution in [3.63, 3.8) is 0 Å². The molecule has 0 unspecified atom stereocenters. The summed E-state index contributed by atoms with van der Waals surface area (Å²) in [7, 11) is 0. The first kappa shape index (κ1) is 15.6. The molecule has 3 heterocycles. The Balaban J connectivity index is 1.35. The van der Waals surface area contributed by atoms with Gasteiger partial charge in [0.25, 0.3) is 5.91 Å². The van der Waals surface area contributed by atoms with Gasteiger partial charge in [-0.25, -0.2) is 4.98 Å². The summed E-state index contributed by atoms with van der Waals surface area (Å²) in [6, 6.07) is 13.6. The highest BCUT2D eigenvalue weighted by Crippen LogP contribution is 2.39. The molecule has 0 saturated heterocycles. The highest BCUT2D eigenvalue weighted by molar-refractivity contribution is 7.22. The highest BCUT2D eigenvalue weighted by Gasteiger charge is 2.20. The Kier molecular flexibility index (Phi) is 3.21. The number of hydrogen-bond donors (Lipinski definition) is 1. The summed E-state index contributed by atoms with van der Waals surface area (Å²) in [5.41, 5.74) is 3.85. The summed E-state index contributed by atoms with van der Waals surface area (Å²) in [5, 5.41) is 9.69. The smallest absolute Gasteiger partial charge is 0.279 e. The average Bonchev–Trinajstić information content (AvgIpc) is 3.48. The molecule has 2 aromatic carbocycles. The van der Waals surface area contributed by atoms with Crippen LogP contribution in [-0.2, 0) is 12.8 Å². The van der Waals surface area contributed by atoms with Gasteiger partial charge in [-0.05, 0) is 47.6 Å². The lowest BCUT2D eigenvalue weighted by Crippen LogP contribution is -2.11. The number of fused-ring (bicyclic) bond motifs is 2. The third-order valence-corrected chi connectivity index (χ3v) is 5.99. The summed E-state index contributed by atoms with van der Waals surface area (Å²) in [5.74, 6) is 0.568. The van der Waals surface area contributed by atoms with Gasteiger partial charge in [-0.1, -0.05) is 34.7 Å². The van der Waals surface area contributed by atoms with Gasteiger partial charge in [0.1, 0.15) is 0 Å². The zero-order valence-corrected chi connectivity index (χ0v) is 15.4. The molecule has 0 atom stereocenters. The van der Waals surface area contributed by atoms with Crippen LogP contribution in [0.4, 0.5) is 5.13 Å². The summed E-state index contributed by atoms with van der Waals surface area (Å²) >= 11 is 1.47. The van der Waals surface area contributed by atoms with Crippen molar-refractivity contribution >= 4 is 43.4 Å². The number of hydrogen-bond acceptors (Lipinski definition) is 6. The number of furan rings is 1. The summed E-state index contributed by atoms with van der Waals surface area (Å²) in [6.07, 6.45) is 3.68. The predicted molar refractivity (Wildman–Crippen MR) is 107 cm³/mol. The Morgan fingerprint density at radius 1 is 1.07 bits per heavy atom. The first-order valence-corrected chi connectivity index (χ1v) is 9.74. The number of carbonyl (C=O) groups is 1. The van der Waals surface area contributed by atoms with Crippen molar-refractivity contribution in [2.75, 3.05) is 5.32 Å². The molecule has 0 saturated carbocycles. The maximum Gasteiger partial charge on any atom is 0.279 e. The van der Waals surface area contributed by atoms with Gasteiger partial charge in [-0.3, -0.25) is 10.1 Å². The number of nitrogens with one attached hydrogen (secondary N) is 1. The molecule has 3 aromatic heterocycles. The van der Waals surface area contributed by atoms with Crippen LogP contribution in [0.5, 0.6) is 0 Å². The van der Waals surface area contributed by atoms with Crippen LogP contribution in [0.15, 0.2) is 57.7 Å². The second-order valence-corrected chi connectivity index (χ2v) is 7.78. The number of thiazole rings is 1. The fourth-order valence-corrected chi connectivity index (χ4v) is 4.78. The van der Waals surface area contributed by atoms with Crippen LogP contribution in [0.2, 0.25) is 0 Å². The maximum atomic E-state index is 12.6. The normalized spacial score (nSPS) is 12.9. The standard InChI is InChI=1S/C21H13N3O3S/c25-20(14-10-16(27-24-14)15-5-2-8-26-15)23-21-22-19-13-4-1-3-11-6-7-12(18(11)13)9-17(19)28-21/h1-5,8-10H,6-7H2,(H,22,23,25). The SMILES string of the molecule is O=C(Nc1nc2c(cc3c4c(cccc42)CC3)s1)c1cc(-c2ccco2)on1. The second-order valence-electron chi connectivity index (χ2n) is 6.75. The van der Waals surface area contributed by atoms with E-state index in [2.05, 4.69) is 39.7 Å². The lowest BCUT2D eigenvalue weighted by molar-refractivity contribution is 0.101. The van der Waals surface area contributed by atoms with Crippen LogP contribution in [0.25, 0.3) is 32.5 Å². The molecule has 1 amide bonds. The van der Waals surface area contributed by atoms with Gasteiger partial charge < -0.3 is 8.94 Å². The highest BCUT2D eigenvalue weighted by atomic mass is 32.1. The van der Waals surface area contributed by atoms with Crippen molar-refractivity contribution in [2.24, 2.45) is 0 Å². The molecular formula is C21H13N3O3S. The van der Waals surface area contributed by atoms with E-state index in [1.165, 1.54) is 34.1 Å². The third kappa shape index (κ3) is 2.30.